The Bertz CT molecular complexity index is 1130. The third-order valence-electron chi connectivity index (χ3n) is 9.64. The molecule has 1 aromatic carbocycles. The predicted molar refractivity (Wildman–Crippen MR) is 126 cm³/mol. The van der Waals surface area contributed by atoms with Crippen molar-refractivity contribution in [2.45, 2.75) is 82.3 Å². The summed E-state index contributed by atoms with van der Waals surface area (Å²) >= 11 is 0. The number of rotatable bonds is 2. The van der Waals surface area contributed by atoms with Crippen molar-refractivity contribution in [1.29, 1.82) is 0 Å². The lowest BCUT2D eigenvalue weighted by molar-refractivity contribution is -0.356. The number of benzene rings is 1. The van der Waals surface area contributed by atoms with E-state index in [1.54, 1.807) is 51.1 Å². The standard InChI is InChI=1S/C27H34O9/c1-13-15(28)11-27(34)22(36-23(32)14-8-6-5-7-9-14)20-25(4,16(29)10-17-26(20,33)12-35-17)21(31)19(30)18(13)24(27,2)3/h5-9,15-17,20-22,28-29,31,33-34H,10-12H2,1-4H3/t15-,16-,17+,20-,21?,22-,25+,26-,27+/m0/s1. The van der Waals surface area contributed by atoms with Crippen LogP contribution in [0.4, 0.5) is 0 Å². The molecule has 196 valence electrons. The maximum absolute atomic E-state index is 13.8. The van der Waals surface area contributed by atoms with Gasteiger partial charge in [-0.05, 0) is 24.6 Å². The Balaban J connectivity index is 1.78. The van der Waals surface area contributed by atoms with Gasteiger partial charge in [0, 0.05) is 35.2 Å². The van der Waals surface area contributed by atoms with E-state index in [1.165, 1.54) is 6.92 Å². The molecule has 2 saturated carbocycles. The molecule has 4 aliphatic rings. The zero-order chi connectivity index (χ0) is 26.4. The van der Waals surface area contributed by atoms with Crippen LogP contribution in [0.1, 0.15) is 50.9 Å². The predicted octanol–water partition coefficient (Wildman–Crippen LogP) is 0.511. The van der Waals surface area contributed by atoms with Crippen LogP contribution in [0.2, 0.25) is 0 Å². The van der Waals surface area contributed by atoms with E-state index in [-0.39, 0.29) is 30.6 Å². The van der Waals surface area contributed by atoms with Crippen molar-refractivity contribution >= 4 is 11.8 Å². The quantitative estimate of drug-likeness (QED) is 0.364. The monoisotopic (exact) mass is 502 g/mol. The molecule has 1 saturated heterocycles. The second-order valence-electron chi connectivity index (χ2n) is 11.7. The largest absolute Gasteiger partial charge is 0.455 e. The summed E-state index contributed by atoms with van der Waals surface area (Å²) in [5.41, 5.74) is -6.31. The smallest absolute Gasteiger partial charge is 0.338 e. The molecule has 9 nitrogen and oxygen atoms in total. The van der Waals surface area contributed by atoms with Gasteiger partial charge in [-0.15, -0.1) is 0 Å². The number of fused-ring (bicyclic) bond motifs is 5. The van der Waals surface area contributed by atoms with Gasteiger partial charge in [0.1, 0.15) is 23.4 Å². The van der Waals surface area contributed by atoms with Gasteiger partial charge < -0.3 is 35.0 Å². The minimum absolute atomic E-state index is 0.0304. The molecule has 5 N–H and O–H groups in total. The third-order valence-corrected chi connectivity index (χ3v) is 9.64. The van der Waals surface area contributed by atoms with Crippen molar-refractivity contribution in [3.05, 3.63) is 47.0 Å². The van der Waals surface area contributed by atoms with Gasteiger partial charge >= 0.3 is 5.97 Å². The first kappa shape index (κ1) is 25.5. The Labute approximate surface area is 209 Å². The highest BCUT2D eigenvalue weighted by Crippen LogP contribution is 2.63. The lowest BCUT2D eigenvalue weighted by atomic mass is 9.44. The summed E-state index contributed by atoms with van der Waals surface area (Å²) in [5, 5.41) is 58.1. The van der Waals surface area contributed by atoms with E-state index in [2.05, 4.69) is 0 Å². The Morgan fingerprint density at radius 1 is 1.08 bits per heavy atom. The fourth-order valence-corrected chi connectivity index (χ4v) is 7.25. The lowest BCUT2D eigenvalue weighted by Crippen LogP contribution is -2.81. The van der Waals surface area contributed by atoms with Crippen LogP contribution < -0.4 is 0 Å². The zero-order valence-electron chi connectivity index (χ0n) is 20.8. The highest BCUT2D eigenvalue weighted by molar-refractivity contribution is 6.02. The van der Waals surface area contributed by atoms with Crippen LogP contribution in [0.15, 0.2) is 41.5 Å². The van der Waals surface area contributed by atoms with E-state index in [4.69, 9.17) is 9.47 Å². The Morgan fingerprint density at radius 2 is 1.72 bits per heavy atom. The Kier molecular flexibility index (Phi) is 5.62. The fraction of sp³-hybridized carbons (Fsp3) is 0.630. The Hall–Kier alpha value is -2.14. The van der Waals surface area contributed by atoms with E-state index in [0.717, 1.165) is 0 Å². The maximum Gasteiger partial charge on any atom is 0.338 e. The van der Waals surface area contributed by atoms with Gasteiger partial charge in [0.2, 0.25) is 0 Å². The number of hydrogen-bond donors (Lipinski definition) is 5. The van der Waals surface area contributed by atoms with Crippen molar-refractivity contribution in [2.24, 2.45) is 16.7 Å². The van der Waals surface area contributed by atoms with Crippen LogP contribution >= 0.6 is 0 Å². The average molecular weight is 503 g/mol. The van der Waals surface area contributed by atoms with Crippen LogP contribution in [-0.4, -0.2) is 85.6 Å². The molecule has 0 spiro atoms. The molecule has 1 unspecified atom stereocenters. The van der Waals surface area contributed by atoms with E-state index < -0.39 is 70.2 Å². The first-order valence-corrected chi connectivity index (χ1v) is 12.3. The summed E-state index contributed by atoms with van der Waals surface area (Å²) in [5.74, 6) is -2.82. The maximum atomic E-state index is 13.8. The van der Waals surface area contributed by atoms with Crippen LogP contribution in [0.25, 0.3) is 0 Å². The number of hydrogen-bond acceptors (Lipinski definition) is 9. The summed E-state index contributed by atoms with van der Waals surface area (Å²) in [6, 6.07) is 8.13. The van der Waals surface area contributed by atoms with Crippen LogP contribution in [0.3, 0.4) is 0 Å². The first-order chi connectivity index (χ1) is 16.7. The summed E-state index contributed by atoms with van der Waals surface area (Å²) in [4.78, 5) is 27.2. The molecule has 9 atom stereocenters. The fourth-order valence-electron chi connectivity index (χ4n) is 7.25. The highest BCUT2D eigenvalue weighted by atomic mass is 16.6. The number of ketones is 1. The molecule has 1 heterocycles. The molecule has 3 aliphatic carbocycles. The van der Waals surface area contributed by atoms with Crippen molar-refractivity contribution in [3.8, 4) is 0 Å². The van der Waals surface area contributed by atoms with Crippen molar-refractivity contribution in [2.75, 3.05) is 6.61 Å². The number of Topliss-reactive ketones (excluding diaryl/α,β-unsaturated/α-hetero) is 1. The molecular weight excluding hydrogens is 468 g/mol. The summed E-state index contributed by atoms with van der Waals surface area (Å²) in [7, 11) is 0. The number of ether oxygens (including phenoxy) is 2. The molecule has 0 radical (unpaired) electrons. The van der Waals surface area contributed by atoms with Gasteiger partial charge in [-0.1, -0.05) is 39.0 Å². The van der Waals surface area contributed by atoms with E-state index in [0.29, 0.717) is 5.57 Å². The minimum Gasteiger partial charge on any atom is -0.455 e. The lowest BCUT2D eigenvalue weighted by Gasteiger charge is -2.67. The molecule has 0 aromatic heterocycles. The second-order valence-corrected chi connectivity index (χ2v) is 11.7. The van der Waals surface area contributed by atoms with Crippen molar-refractivity contribution in [3.63, 3.8) is 0 Å². The second kappa shape index (κ2) is 7.93. The molecule has 9 heteroatoms. The van der Waals surface area contributed by atoms with E-state index in [1.807, 2.05) is 0 Å². The molecule has 36 heavy (non-hydrogen) atoms. The Morgan fingerprint density at radius 3 is 2.31 bits per heavy atom. The molecule has 5 rings (SSSR count). The normalized spacial score (nSPS) is 45.5. The van der Waals surface area contributed by atoms with E-state index in [9.17, 15) is 35.1 Å². The topological polar surface area (TPSA) is 154 Å². The van der Waals surface area contributed by atoms with Crippen molar-refractivity contribution < 1.29 is 44.6 Å². The van der Waals surface area contributed by atoms with Gasteiger partial charge in [-0.2, -0.15) is 0 Å². The third kappa shape index (κ3) is 3.04. The van der Waals surface area contributed by atoms with Crippen LogP contribution in [0.5, 0.6) is 0 Å². The van der Waals surface area contributed by atoms with Crippen LogP contribution in [0, 0.1) is 16.7 Å². The zero-order valence-corrected chi connectivity index (χ0v) is 20.8. The highest BCUT2D eigenvalue weighted by Gasteiger charge is 2.76. The molecule has 0 amide bonds. The van der Waals surface area contributed by atoms with Gasteiger partial charge in [0.05, 0.1) is 30.5 Å². The average Bonchev–Trinajstić information content (AvgIpc) is 2.83. The SMILES string of the molecule is CC1=C2C(=O)C(O)[C@@]3(C)[C@H]([C@H](OC(=O)c4ccccc4)[C@](O)(C[C@@H]1O)C2(C)C)[C@]1(O)CO[C@@H]1C[C@@H]3O. The molecular formula is C27H34O9. The minimum atomic E-state index is -2.04. The number of aliphatic hydroxyl groups excluding tert-OH is 3. The molecule has 3 fully saturated rings. The number of carbonyl (C=O) groups is 2. The first-order valence-electron chi connectivity index (χ1n) is 12.3. The van der Waals surface area contributed by atoms with E-state index >= 15 is 0 Å². The van der Waals surface area contributed by atoms with Gasteiger partial charge in [0.15, 0.2) is 5.78 Å². The van der Waals surface area contributed by atoms with Crippen LogP contribution in [-0.2, 0) is 14.3 Å². The molecule has 1 aromatic rings. The molecule has 1 aliphatic heterocycles. The number of aliphatic hydroxyl groups is 5. The van der Waals surface area contributed by atoms with Gasteiger partial charge in [0.25, 0.3) is 0 Å². The summed E-state index contributed by atoms with van der Waals surface area (Å²) in [6.45, 7) is 6.06. The summed E-state index contributed by atoms with van der Waals surface area (Å²) in [6.07, 6.45) is -7.07. The molecule has 2 bridgehead atoms. The number of carbonyl (C=O) groups excluding carboxylic acids is 2. The number of esters is 1. The van der Waals surface area contributed by atoms with Gasteiger partial charge in [-0.3, -0.25) is 4.79 Å². The van der Waals surface area contributed by atoms with Crippen molar-refractivity contribution in [1.82, 2.24) is 0 Å². The van der Waals surface area contributed by atoms with Gasteiger partial charge in [-0.25, -0.2) is 4.79 Å². The summed E-state index contributed by atoms with van der Waals surface area (Å²) < 4.78 is 11.6.